The summed E-state index contributed by atoms with van der Waals surface area (Å²) in [5.41, 5.74) is -0.181. The van der Waals surface area contributed by atoms with Crippen LogP contribution in [-0.4, -0.2) is 36.6 Å². The summed E-state index contributed by atoms with van der Waals surface area (Å²) in [6.45, 7) is 5.09. The van der Waals surface area contributed by atoms with Crippen LogP contribution in [0, 0.1) is 11.6 Å². The number of esters is 1. The quantitative estimate of drug-likeness (QED) is 0.648. The fourth-order valence-electron chi connectivity index (χ4n) is 1.52. The molecule has 0 atom stereocenters. The number of anilines is 1. The number of rotatable bonds is 6. The molecule has 7 heteroatoms. The van der Waals surface area contributed by atoms with Gasteiger partial charge in [0, 0.05) is 12.6 Å². The topological polar surface area (TPSA) is 58.6 Å². The minimum Gasteiger partial charge on any atom is -0.465 e. The average molecular weight is 298 g/mol. The Bertz CT molecular complexity index is 535. The van der Waals surface area contributed by atoms with Crippen molar-refractivity contribution in [3.05, 3.63) is 42.5 Å². The first kappa shape index (κ1) is 16.6. The Morgan fingerprint density at radius 3 is 2.71 bits per heavy atom. The van der Waals surface area contributed by atoms with Gasteiger partial charge in [-0.2, -0.15) is 0 Å². The largest absolute Gasteiger partial charge is 0.465 e. The summed E-state index contributed by atoms with van der Waals surface area (Å²) in [6.07, 6.45) is 1.42. The van der Waals surface area contributed by atoms with E-state index in [9.17, 15) is 18.4 Å². The second kappa shape index (κ2) is 7.98. The highest BCUT2D eigenvalue weighted by Crippen LogP contribution is 2.15. The van der Waals surface area contributed by atoms with Crippen molar-refractivity contribution in [2.24, 2.45) is 0 Å². The van der Waals surface area contributed by atoms with Crippen molar-refractivity contribution in [3.63, 3.8) is 0 Å². The van der Waals surface area contributed by atoms with E-state index >= 15 is 0 Å². The summed E-state index contributed by atoms with van der Waals surface area (Å²) >= 11 is 0. The Balaban J connectivity index is 2.76. The number of benzene rings is 1. The summed E-state index contributed by atoms with van der Waals surface area (Å²) in [7, 11) is 0. The van der Waals surface area contributed by atoms with Crippen molar-refractivity contribution in [3.8, 4) is 0 Å². The van der Waals surface area contributed by atoms with Gasteiger partial charge in [0.05, 0.1) is 12.3 Å². The standard InChI is InChI=1S/C14H16F2N2O3/c1-3-7-18(9-13(19)21-4-2)14(20)17-12-6-5-10(15)8-11(12)16/h3,5-6,8H,1,4,7,9H2,2H3,(H,17,20). The van der Waals surface area contributed by atoms with E-state index < -0.39 is 23.6 Å². The number of hydrogen-bond acceptors (Lipinski definition) is 3. The number of carbonyl (C=O) groups is 2. The molecule has 1 aromatic rings. The Hall–Kier alpha value is -2.44. The van der Waals surface area contributed by atoms with Crippen LogP contribution in [0.1, 0.15) is 6.92 Å². The van der Waals surface area contributed by atoms with E-state index in [1.807, 2.05) is 0 Å². The van der Waals surface area contributed by atoms with Crippen molar-refractivity contribution < 1.29 is 23.1 Å². The Morgan fingerprint density at radius 1 is 1.43 bits per heavy atom. The zero-order valence-electron chi connectivity index (χ0n) is 11.6. The van der Waals surface area contributed by atoms with Crippen LogP contribution in [0.4, 0.5) is 19.3 Å². The van der Waals surface area contributed by atoms with Gasteiger partial charge in [0.25, 0.3) is 0 Å². The maximum absolute atomic E-state index is 13.5. The highest BCUT2D eigenvalue weighted by molar-refractivity contribution is 5.91. The van der Waals surface area contributed by atoms with Gasteiger partial charge >= 0.3 is 12.0 Å². The lowest BCUT2D eigenvalue weighted by Gasteiger charge is -2.20. The molecule has 2 amide bonds. The monoisotopic (exact) mass is 298 g/mol. The molecule has 0 bridgehead atoms. The number of nitrogens with zero attached hydrogens (tertiary/aromatic N) is 1. The van der Waals surface area contributed by atoms with Crippen molar-refractivity contribution in [2.45, 2.75) is 6.92 Å². The summed E-state index contributed by atoms with van der Waals surface area (Å²) in [5, 5.41) is 2.26. The summed E-state index contributed by atoms with van der Waals surface area (Å²) < 4.78 is 31.0. The smallest absolute Gasteiger partial charge is 0.325 e. The van der Waals surface area contributed by atoms with E-state index in [0.29, 0.717) is 6.07 Å². The van der Waals surface area contributed by atoms with Crippen LogP contribution in [0.5, 0.6) is 0 Å². The third-order valence-corrected chi connectivity index (χ3v) is 2.43. The van der Waals surface area contributed by atoms with Crippen LogP contribution >= 0.6 is 0 Å². The molecule has 0 saturated heterocycles. The molecule has 21 heavy (non-hydrogen) atoms. The number of carbonyl (C=O) groups excluding carboxylic acids is 2. The van der Waals surface area contributed by atoms with Gasteiger partial charge in [-0.25, -0.2) is 13.6 Å². The second-order valence-electron chi connectivity index (χ2n) is 4.03. The normalized spacial score (nSPS) is 9.86. The summed E-state index contributed by atoms with van der Waals surface area (Å²) in [6, 6.07) is 2.05. The molecule has 1 rings (SSSR count). The maximum atomic E-state index is 13.5. The number of halogens is 2. The third kappa shape index (κ3) is 5.21. The van der Waals surface area contributed by atoms with Crippen molar-refractivity contribution in [1.29, 1.82) is 0 Å². The first-order valence-electron chi connectivity index (χ1n) is 6.25. The molecular weight excluding hydrogens is 282 g/mol. The van der Waals surface area contributed by atoms with Crippen LogP contribution < -0.4 is 5.32 Å². The molecule has 0 aliphatic heterocycles. The zero-order chi connectivity index (χ0) is 15.8. The molecule has 0 unspecified atom stereocenters. The van der Waals surface area contributed by atoms with E-state index in [-0.39, 0.29) is 25.4 Å². The SMILES string of the molecule is C=CCN(CC(=O)OCC)C(=O)Nc1ccc(F)cc1F. The number of ether oxygens (including phenoxy) is 1. The van der Waals surface area contributed by atoms with Crippen molar-refractivity contribution in [2.75, 3.05) is 25.0 Å². The molecule has 0 aliphatic rings. The lowest BCUT2D eigenvalue weighted by molar-refractivity contribution is -0.143. The molecule has 1 N–H and O–H groups in total. The lowest BCUT2D eigenvalue weighted by Crippen LogP contribution is -2.39. The summed E-state index contributed by atoms with van der Waals surface area (Å²) in [5.74, 6) is -2.24. The fraction of sp³-hybridized carbons (Fsp3) is 0.286. The van der Waals surface area contributed by atoms with Gasteiger partial charge in [0.15, 0.2) is 0 Å². The van der Waals surface area contributed by atoms with Crippen LogP contribution in [0.3, 0.4) is 0 Å². The first-order valence-corrected chi connectivity index (χ1v) is 6.25. The number of urea groups is 1. The van der Waals surface area contributed by atoms with Crippen LogP contribution in [0.15, 0.2) is 30.9 Å². The van der Waals surface area contributed by atoms with Gasteiger partial charge in [-0.3, -0.25) is 4.79 Å². The van der Waals surface area contributed by atoms with Crippen LogP contribution in [0.2, 0.25) is 0 Å². The van der Waals surface area contributed by atoms with Crippen LogP contribution in [-0.2, 0) is 9.53 Å². The van der Waals surface area contributed by atoms with Crippen molar-refractivity contribution in [1.82, 2.24) is 4.90 Å². The molecule has 0 spiro atoms. The molecule has 114 valence electrons. The van der Waals surface area contributed by atoms with Gasteiger partial charge in [0.1, 0.15) is 18.2 Å². The van der Waals surface area contributed by atoms with E-state index in [0.717, 1.165) is 17.0 Å². The highest BCUT2D eigenvalue weighted by Gasteiger charge is 2.18. The first-order chi connectivity index (χ1) is 9.97. The number of nitrogens with one attached hydrogen (secondary N) is 1. The maximum Gasteiger partial charge on any atom is 0.325 e. The Labute approximate surface area is 121 Å². The molecule has 0 saturated carbocycles. The van der Waals surface area contributed by atoms with Gasteiger partial charge in [0.2, 0.25) is 0 Å². The minimum atomic E-state index is -0.905. The van der Waals surface area contributed by atoms with E-state index in [1.165, 1.54) is 6.08 Å². The molecule has 1 aromatic carbocycles. The minimum absolute atomic E-state index is 0.0768. The zero-order valence-corrected chi connectivity index (χ0v) is 11.6. The third-order valence-electron chi connectivity index (χ3n) is 2.43. The Kier molecular flexibility index (Phi) is 6.32. The molecule has 5 nitrogen and oxygen atoms in total. The Morgan fingerprint density at radius 2 is 2.14 bits per heavy atom. The number of hydrogen-bond donors (Lipinski definition) is 1. The van der Waals surface area contributed by atoms with Gasteiger partial charge in [-0.1, -0.05) is 6.08 Å². The molecule has 0 aliphatic carbocycles. The number of amides is 2. The fourth-order valence-corrected chi connectivity index (χ4v) is 1.52. The van der Waals surface area contributed by atoms with E-state index in [1.54, 1.807) is 6.92 Å². The lowest BCUT2D eigenvalue weighted by atomic mass is 10.3. The van der Waals surface area contributed by atoms with Crippen molar-refractivity contribution >= 4 is 17.7 Å². The predicted molar refractivity (Wildman–Crippen MR) is 73.8 cm³/mol. The molecule has 0 aromatic heterocycles. The predicted octanol–water partition coefficient (Wildman–Crippen LogP) is 2.55. The highest BCUT2D eigenvalue weighted by atomic mass is 19.1. The summed E-state index contributed by atoms with van der Waals surface area (Å²) in [4.78, 5) is 24.5. The van der Waals surface area contributed by atoms with Gasteiger partial charge < -0.3 is 15.0 Å². The molecule has 0 radical (unpaired) electrons. The van der Waals surface area contributed by atoms with E-state index in [4.69, 9.17) is 4.74 Å². The van der Waals surface area contributed by atoms with Crippen LogP contribution in [0.25, 0.3) is 0 Å². The van der Waals surface area contributed by atoms with E-state index in [2.05, 4.69) is 11.9 Å². The van der Waals surface area contributed by atoms with Gasteiger partial charge in [-0.15, -0.1) is 6.58 Å². The molecule has 0 fully saturated rings. The molecule has 0 heterocycles. The van der Waals surface area contributed by atoms with Gasteiger partial charge in [-0.05, 0) is 19.1 Å². The molecular formula is C14H16F2N2O3. The average Bonchev–Trinajstić information content (AvgIpc) is 2.41. The second-order valence-corrected chi connectivity index (χ2v) is 4.03.